The first-order valence-corrected chi connectivity index (χ1v) is 28.1. The summed E-state index contributed by atoms with van der Waals surface area (Å²) in [4.78, 5) is 31.7. The Bertz CT molecular complexity index is 2040. The Hall–Kier alpha value is -1.33. The summed E-state index contributed by atoms with van der Waals surface area (Å²) in [5, 5.41) is 22.6. The Morgan fingerprint density at radius 1 is 0.589 bits per heavy atom. The number of aryl methyl sites for hydroxylation is 4. The van der Waals surface area contributed by atoms with E-state index in [1.807, 2.05) is 26.0 Å². The average molecular weight is 1090 g/mol. The number of hydroxylamine groups is 2. The van der Waals surface area contributed by atoms with Crippen molar-refractivity contribution < 1.29 is 46.4 Å². The molecule has 0 spiro atoms. The summed E-state index contributed by atoms with van der Waals surface area (Å²) in [6, 6.07) is 15.5. The van der Waals surface area contributed by atoms with Crippen molar-refractivity contribution >= 4 is 34.7 Å². The fourth-order valence-corrected chi connectivity index (χ4v) is 17.9. The van der Waals surface area contributed by atoms with Gasteiger partial charge in [0.2, 0.25) is 5.91 Å². The third-order valence-corrected chi connectivity index (χ3v) is 21.1. The van der Waals surface area contributed by atoms with Crippen LogP contribution in [-0.4, -0.2) is 88.6 Å². The van der Waals surface area contributed by atoms with E-state index in [0.717, 1.165) is 111 Å². The van der Waals surface area contributed by atoms with Gasteiger partial charge in [-0.15, -0.1) is 0 Å². The molecule has 1 saturated heterocycles. The van der Waals surface area contributed by atoms with E-state index < -0.39 is 11.2 Å². The topological polar surface area (TPSA) is 96.3 Å². The molecule has 8 aliphatic carbocycles. The molecule has 11 rings (SSSR count). The summed E-state index contributed by atoms with van der Waals surface area (Å²) in [7, 11) is 3.34. The SMILES string of the molecule is C.C.C1CCOC1.CON(C)C(=O)[C@H]1CC[C@H]2[C@@H]3CC[C@@H]4C[C@](C)(O)CC[C@@H]4[C@H]3CC[C@]12C.Cc1c[c-]cc(C)c1.Cc1cc(C)cc(C(=O)[C@H]2CC[C@H]3[C@@H]4CC[C@@H]5C[C@](C)(O)CC[C@@H]5[C@H]4CC[C@]23C)c1.[Br-].[Mg+2]. The molecular weight excluding hydrogens is 983 g/mol. The molecule has 1 heterocycles. The summed E-state index contributed by atoms with van der Waals surface area (Å²) in [5.74, 6) is 8.71. The van der Waals surface area contributed by atoms with Crippen LogP contribution < -0.4 is 17.0 Å². The molecule has 0 bridgehead atoms. The number of rotatable bonds is 4. The minimum Gasteiger partial charge on any atom is -1.00 e. The monoisotopic (exact) mass is 1080 g/mol. The van der Waals surface area contributed by atoms with E-state index in [0.29, 0.717) is 11.7 Å². The van der Waals surface area contributed by atoms with Gasteiger partial charge in [0.15, 0.2) is 5.78 Å². The van der Waals surface area contributed by atoms with E-state index in [4.69, 9.17) is 9.57 Å². The third kappa shape index (κ3) is 14.1. The molecule has 0 radical (unpaired) electrons. The van der Waals surface area contributed by atoms with Crippen LogP contribution in [0.2, 0.25) is 0 Å². The normalized spacial score (nSPS) is 39.3. The van der Waals surface area contributed by atoms with Crippen LogP contribution in [0.4, 0.5) is 0 Å². The molecule has 1 aliphatic heterocycles. The van der Waals surface area contributed by atoms with E-state index in [2.05, 4.69) is 71.9 Å². The molecular formula is C64H102BrMgNO6. The molecule has 8 saturated carbocycles. The second kappa shape index (κ2) is 26.5. The number of amides is 1. The molecule has 7 nitrogen and oxygen atoms in total. The van der Waals surface area contributed by atoms with Crippen LogP contribution in [0.3, 0.4) is 0 Å². The summed E-state index contributed by atoms with van der Waals surface area (Å²) in [6.07, 6.45) is 23.7. The van der Waals surface area contributed by atoms with Crippen LogP contribution in [0.25, 0.3) is 0 Å². The summed E-state index contributed by atoms with van der Waals surface area (Å²) in [5.41, 5.74) is 5.37. The number of aliphatic hydroxyl groups is 2. The number of hydrogen-bond acceptors (Lipinski definition) is 6. The van der Waals surface area contributed by atoms with Gasteiger partial charge in [-0.2, -0.15) is 35.4 Å². The van der Waals surface area contributed by atoms with Crippen molar-refractivity contribution in [2.24, 2.45) is 81.8 Å². The number of benzene rings is 2. The number of nitrogens with zero attached hydrogens (tertiary/aromatic N) is 1. The number of hydrogen-bond donors (Lipinski definition) is 2. The van der Waals surface area contributed by atoms with Gasteiger partial charge < -0.3 is 31.9 Å². The number of ether oxygens (including phenoxy) is 1. The van der Waals surface area contributed by atoms with Crippen molar-refractivity contribution in [2.45, 2.75) is 210 Å². The van der Waals surface area contributed by atoms with E-state index >= 15 is 0 Å². The number of fused-ring (bicyclic) bond motifs is 10. The van der Waals surface area contributed by atoms with Crippen LogP contribution in [0, 0.1) is 116 Å². The van der Waals surface area contributed by atoms with Gasteiger partial charge >= 0.3 is 23.1 Å². The number of ketones is 1. The Balaban J connectivity index is 0.000000244. The van der Waals surface area contributed by atoms with Gasteiger partial charge in [-0.25, -0.2) is 5.06 Å². The zero-order valence-electron chi connectivity index (χ0n) is 46.0. The van der Waals surface area contributed by atoms with Gasteiger partial charge in [-0.05, 0) is 238 Å². The predicted octanol–water partition coefficient (Wildman–Crippen LogP) is 11.3. The molecule has 9 aliphatic rings. The van der Waals surface area contributed by atoms with Crippen LogP contribution >= 0.6 is 0 Å². The van der Waals surface area contributed by atoms with Gasteiger partial charge in [0, 0.05) is 37.7 Å². The standard InChI is InChI=1S/C28H40O2.C22H37NO3.C8H9.C4H8O.2CH4.BrH.Mg/c1-17-13-18(2)15-20(14-17)26(29)25-8-7-24-23-6-5-19-16-27(3,30)11-9-21(19)22(23)10-12-28(24,25)4;1-21(25)11-9-15-14(13-21)5-6-17-16(15)10-12-22(2)18(17)7-8-19(22)20(24)23(3)26-4;1-7-4-3-5-8(2)6-7;1-2-4-5-3-1;;;;/h13-15,19,21-25,30H,5-12,16H2,1-4H3;14-19,25H,5-13H2,1-4H3;4-6H,1-2H3;1-4H2;2*1H4;1H;/q;;-1;;;;;+2/p-1/t19-,21+,22-,23-,24+,25-,27-,28+;14-,15+,16-,17-,18+,19-,21-,22+;;;;;;/m11....../s1. The van der Waals surface area contributed by atoms with Gasteiger partial charge in [0.05, 0.1) is 18.3 Å². The number of Topliss-reactive ketones (excluding diaryl/α,β-unsaturated/α-hetero) is 1. The van der Waals surface area contributed by atoms with Crippen molar-refractivity contribution in [2.75, 3.05) is 27.4 Å². The van der Waals surface area contributed by atoms with Crippen molar-refractivity contribution in [3.05, 3.63) is 70.3 Å². The number of halogens is 1. The molecule has 16 atom stereocenters. The molecule has 0 unspecified atom stereocenters. The Morgan fingerprint density at radius 2 is 1.01 bits per heavy atom. The maximum absolute atomic E-state index is 13.6. The van der Waals surface area contributed by atoms with Crippen molar-refractivity contribution in [3.8, 4) is 0 Å². The Morgan fingerprint density at radius 3 is 1.42 bits per heavy atom. The van der Waals surface area contributed by atoms with E-state index in [-0.39, 0.29) is 83.5 Å². The molecule has 2 N–H and O–H groups in total. The van der Waals surface area contributed by atoms with Crippen LogP contribution in [0.15, 0.2) is 36.4 Å². The van der Waals surface area contributed by atoms with Crippen LogP contribution in [0.1, 0.15) is 204 Å². The summed E-state index contributed by atoms with van der Waals surface area (Å²) >= 11 is 0. The van der Waals surface area contributed by atoms with Crippen LogP contribution in [-0.2, 0) is 14.4 Å². The maximum Gasteiger partial charge on any atom is 2.00 e. The van der Waals surface area contributed by atoms with Gasteiger partial charge in [-0.3, -0.25) is 14.4 Å². The molecule has 0 aromatic heterocycles. The van der Waals surface area contributed by atoms with Crippen LogP contribution in [0.5, 0.6) is 0 Å². The fraction of sp³-hybridized carbons (Fsp3) is 0.781. The minimum absolute atomic E-state index is 0. The molecule has 2 aromatic carbocycles. The largest absolute Gasteiger partial charge is 2.00 e. The predicted molar refractivity (Wildman–Crippen MR) is 296 cm³/mol. The quantitative estimate of drug-likeness (QED) is 0.137. The van der Waals surface area contributed by atoms with Crippen molar-refractivity contribution in [1.29, 1.82) is 0 Å². The molecule has 73 heavy (non-hydrogen) atoms. The molecule has 9 heteroatoms. The number of carbonyl (C=O) groups excluding carboxylic acids is 2. The molecule has 408 valence electrons. The van der Waals surface area contributed by atoms with Crippen molar-refractivity contribution in [1.82, 2.24) is 5.06 Å². The molecule has 1 amide bonds. The zero-order chi connectivity index (χ0) is 49.5. The van der Waals surface area contributed by atoms with E-state index in [9.17, 15) is 19.8 Å². The van der Waals surface area contributed by atoms with Gasteiger partial charge in [0.1, 0.15) is 0 Å². The number of carbonyl (C=O) groups is 2. The Kier molecular flexibility index (Phi) is 23.3. The summed E-state index contributed by atoms with van der Waals surface area (Å²) < 4.78 is 4.94. The molecule has 2 aromatic rings. The third-order valence-electron chi connectivity index (χ3n) is 21.1. The van der Waals surface area contributed by atoms with Crippen molar-refractivity contribution in [3.63, 3.8) is 0 Å². The first kappa shape index (κ1) is 64.2. The average Bonchev–Trinajstić information content (AvgIpc) is 4.08. The van der Waals surface area contributed by atoms with Gasteiger partial charge in [-0.1, -0.05) is 59.7 Å². The minimum atomic E-state index is -0.438. The second-order valence-corrected chi connectivity index (χ2v) is 25.9. The summed E-state index contributed by atoms with van der Waals surface area (Å²) in [6.45, 7) is 19.3. The molecule has 9 fully saturated rings. The van der Waals surface area contributed by atoms with E-state index in [1.165, 1.54) is 117 Å². The maximum atomic E-state index is 13.6. The first-order chi connectivity index (χ1) is 32.7. The smallest absolute Gasteiger partial charge is 1.00 e. The Labute approximate surface area is 472 Å². The zero-order valence-corrected chi connectivity index (χ0v) is 49.0. The second-order valence-electron chi connectivity index (χ2n) is 25.9. The first-order valence-electron chi connectivity index (χ1n) is 28.1. The van der Waals surface area contributed by atoms with Gasteiger partial charge in [0.25, 0.3) is 0 Å². The van der Waals surface area contributed by atoms with E-state index in [1.54, 1.807) is 14.2 Å². The fourth-order valence-electron chi connectivity index (χ4n) is 17.9.